The normalized spacial score (nSPS) is 11.6. The van der Waals surface area contributed by atoms with Crippen molar-refractivity contribution in [3.63, 3.8) is 0 Å². The maximum atomic E-state index is 6.40. The quantitative estimate of drug-likeness (QED) is 0.172. The van der Waals surface area contributed by atoms with Crippen molar-refractivity contribution in [2.75, 3.05) is 4.90 Å². The Morgan fingerprint density at radius 2 is 0.891 bits per heavy atom. The van der Waals surface area contributed by atoms with E-state index in [-0.39, 0.29) is 0 Å². The molecule has 9 aromatic carbocycles. The SMILES string of the molecule is c1ccc(-c2cccc3cccc(-c4ccc(N(c5ccc(-n6c7ccccc7c7ccccc76)cc5)c5cccc6oc7ccccc7c56)cc4)c23)cc1. The Bertz CT molecular complexity index is 3130. The van der Waals surface area contributed by atoms with Crippen LogP contribution in [-0.2, 0) is 0 Å². The molecule has 0 atom stereocenters. The molecular weight excluding hydrogens is 669 g/mol. The summed E-state index contributed by atoms with van der Waals surface area (Å²) < 4.78 is 8.77. The zero-order valence-corrected chi connectivity index (χ0v) is 29.9. The van der Waals surface area contributed by atoms with E-state index in [1.54, 1.807) is 0 Å². The lowest BCUT2D eigenvalue weighted by Gasteiger charge is -2.27. The molecule has 0 fully saturated rings. The Morgan fingerprint density at radius 3 is 1.56 bits per heavy atom. The Balaban J connectivity index is 1.08. The van der Waals surface area contributed by atoms with Gasteiger partial charge in [-0.25, -0.2) is 0 Å². The van der Waals surface area contributed by atoms with Crippen LogP contribution < -0.4 is 4.90 Å². The number of nitrogens with zero attached hydrogens (tertiary/aromatic N) is 2. The van der Waals surface area contributed by atoms with E-state index < -0.39 is 0 Å². The Morgan fingerprint density at radius 1 is 0.364 bits per heavy atom. The van der Waals surface area contributed by atoms with E-state index in [4.69, 9.17) is 4.42 Å². The van der Waals surface area contributed by atoms with E-state index in [0.29, 0.717) is 0 Å². The predicted molar refractivity (Wildman–Crippen MR) is 231 cm³/mol. The zero-order valence-electron chi connectivity index (χ0n) is 29.9. The Kier molecular flexibility index (Phi) is 7.17. The summed E-state index contributed by atoms with van der Waals surface area (Å²) >= 11 is 0. The minimum Gasteiger partial charge on any atom is -0.456 e. The first-order chi connectivity index (χ1) is 27.3. The van der Waals surface area contributed by atoms with Gasteiger partial charge in [-0.2, -0.15) is 0 Å². The topological polar surface area (TPSA) is 21.3 Å². The van der Waals surface area contributed by atoms with E-state index in [0.717, 1.165) is 44.7 Å². The van der Waals surface area contributed by atoms with Gasteiger partial charge in [0.15, 0.2) is 0 Å². The second-order valence-electron chi connectivity index (χ2n) is 14.1. The smallest absolute Gasteiger partial charge is 0.137 e. The van der Waals surface area contributed by atoms with Gasteiger partial charge < -0.3 is 13.9 Å². The molecule has 11 aromatic rings. The molecule has 0 amide bonds. The summed E-state index contributed by atoms with van der Waals surface area (Å²) in [6, 6.07) is 73.9. The highest BCUT2D eigenvalue weighted by Crippen LogP contribution is 2.44. The van der Waals surface area contributed by atoms with Crippen LogP contribution in [0.4, 0.5) is 17.1 Å². The maximum Gasteiger partial charge on any atom is 0.137 e. The molecule has 3 heteroatoms. The molecule has 0 aliphatic heterocycles. The summed E-state index contributed by atoms with van der Waals surface area (Å²) in [5, 5.41) is 7.19. The second kappa shape index (κ2) is 12.6. The van der Waals surface area contributed by atoms with Gasteiger partial charge in [-0.15, -0.1) is 0 Å². The third kappa shape index (κ3) is 5.05. The molecule has 0 N–H and O–H groups in total. The van der Waals surface area contributed by atoms with Crippen molar-refractivity contribution in [2.24, 2.45) is 0 Å². The molecule has 0 saturated heterocycles. The molecule has 0 spiro atoms. The van der Waals surface area contributed by atoms with Crippen molar-refractivity contribution in [2.45, 2.75) is 0 Å². The minimum atomic E-state index is 0.867. The Labute approximate surface area is 318 Å². The summed E-state index contributed by atoms with van der Waals surface area (Å²) in [5.74, 6) is 0. The molecule has 0 bridgehead atoms. The van der Waals surface area contributed by atoms with Crippen LogP contribution in [-0.4, -0.2) is 4.57 Å². The van der Waals surface area contributed by atoms with Gasteiger partial charge in [-0.1, -0.05) is 140 Å². The average molecular weight is 703 g/mol. The molecule has 3 nitrogen and oxygen atoms in total. The highest BCUT2D eigenvalue weighted by molar-refractivity contribution is 6.14. The second-order valence-corrected chi connectivity index (χ2v) is 14.1. The van der Waals surface area contributed by atoms with E-state index in [2.05, 4.69) is 204 Å². The van der Waals surface area contributed by atoms with Gasteiger partial charge in [0, 0.05) is 33.2 Å². The summed E-state index contributed by atoms with van der Waals surface area (Å²) in [6.45, 7) is 0. The fourth-order valence-electron chi connectivity index (χ4n) is 8.55. The number of aromatic nitrogens is 1. The molecule has 55 heavy (non-hydrogen) atoms. The molecule has 0 aliphatic carbocycles. The van der Waals surface area contributed by atoms with E-state index in [9.17, 15) is 0 Å². The molecule has 2 aromatic heterocycles. The lowest BCUT2D eigenvalue weighted by Crippen LogP contribution is -2.10. The molecule has 0 saturated carbocycles. The van der Waals surface area contributed by atoms with Crippen LogP contribution in [0, 0.1) is 0 Å². The third-order valence-electron chi connectivity index (χ3n) is 11.0. The van der Waals surface area contributed by atoms with Gasteiger partial charge in [-0.05, 0) is 99.8 Å². The van der Waals surface area contributed by atoms with Gasteiger partial charge >= 0.3 is 0 Å². The number of furan rings is 1. The fraction of sp³-hybridized carbons (Fsp3) is 0. The van der Waals surface area contributed by atoms with Gasteiger partial charge in [0.1, 0.15) is 11.2 Å². The lowest BCUT2D eigenvalue weighted by molar-refractivity contribution is 0.669. The van der Waals surface area contributed by atoms with E-state index >= 15 is 0 Å². The van der Waals surface area contributed by atoms with Crippen molar-refractivity contribution in [3.05, 3.63) is 206 Å². The monoisotopic (exact) mass is 702 g/mol. The van der Waals surface area contributed by atoms with Crippen LogP contribution in [0.3, 0.4) is 0 Å². The van der Waals surface area contributed by atoms with Crippen LogP contribution in [0.1, 0.15) is 0 Å². The largest absolute Gasteiger partial charge is 0.456 e. The van der Waals surface area contributed by atoms with Gasteiger partial charge in [0.05, 0.1) is 22.1 Å². The van der Waals surface area contributed by atoms with E-state index in [1.807, 2.05) is 12.1 Å². The lowest BCUT2D eigenvalue weighted by atomic mass is 9.91. The first kappa shape index (κ1) is 31.2. The fourth-order valence-corrected chi connectivity index (χ4v) is 8.55. The van der Waals surface area contributed by atoms with E-state index in [1.165, 1.54) is 54.8 Å². The standard InChI is InChI=1S/C52H34N2O/c1-2-13-35(14-3-1)41-20-10-15-37-16-11-21-42(51(37)41)36-27-29-38(30-28-36)53(48-24-12-26-50-52(48)45-19-6-9-25-49(45)55-50)39-31-33-40(34-32-39)54-46-22-7-4-17-43(46)44-18-5-8-23-47(44)54/h1-34H. The van der Waals surface area contributed by atoms with Crippen LogP contribution >= 0.6 is 0 Å². The van der Waals surface area contributed by atoms with Crippen molar-refractivity contribution >= 4 is 71.6 Å². The van der Waals surface area contributed by atoms with Gasteiger partial charge in [0.25, 0.3) is 0 Å². The highest BCUT2D eigenvalue weighted by atomic mass is 16.3. The number of fused-ring (bicyclic) bond motifs is 7. The first-order valence-electron chi connectivity index (χ1n) is 18.8. The van der Waals surface area contributed by atoms with Crippen LogP contribution in [0.15, 0.2) is 211 Å². The number of benzene rings is 9. The zero-order chi connectivity index (χ0) is 36.3. The number of hydrogen-bond donors (Lipinski definition) is 0. The summed E-state index contributed by atoms with van der Waals surface area (Å²) in [4.78, 5) is 2.36. The molecule has 2 heterocycles. The Hall–Kier alpha value is -7.36. The molecule has 258 valence electrons. The third-order valence-corrected chi connectivity index (χ3v) is 11.0. The van der Waals surface area contributed by atoms with Gasteiger partial charge in [0.2, 0.25) is 0 Å². The predicted octanol–water partition coefficient (Wildman–Crippen LogP) is 14.6. The molecule has 0 radical (unpaired) electrons. The molecule has 0 aliphatic rings. The maximum absolute atomic E-state index is 6.40. The summed E-state index contributed by atoms with van der Waals surface area (Å²) in [6.07, 6.45) is 0. The van der Waals surface area contributed by atoms with Crippen LogP contribution in [0.2, 0.25) is 0 Å². The molecular formula is C52H34N2O. The number of hydrogen-bond acceptors (Lipinski definition) is 2. The van der Waals surface area contributed by atoms with Crippen LogP contribution in [0.25, 0.3) is 82.5 Å². The van der Waals surface area contributed by atoms with Crippen molar-refractivity contribution in [1.29, 1.82) is 0 Å². The van der Waals surface area contributed by atoms with Crippen molar-refractivity contribution in [1.82, 2.24) is 4.57 Å². The number of rotatable bonds is 6. The molecule has 0 unspecified atom stereocenters. The number of anilines is 3. The highest BCUT2D eigenvalue weighted by Gasteiger charge is 2.20. The van der Waals surface area contributed by atoms with Crippen molar-refractivity contribution in [3.8, 4) is 27.9 Å². The first-order valence-corrected chi connectivity index (χ1v) is 18.8. The number of para-hydroxylation sites is 3. The van der Waals surface area contributed by atoms with Gasteiger partial charge in [-0.3, -0.25) is 0 Å². The van der Waals surface area contributed by atoms with Crippen molar-refractivity contribution < 1.29 is 4.42 Å². The van der Waals surface area contributed by atoms with Crippen LogP contribution in [0.5, 0.6) is 0 Å². The average Bonchev–Trinajstić information content (AvgIpc) is 3.81. The minimum absolute atomic E-state index is 0.867. The summed E-state index contributed by atoms with van der Waals surface area (Å²) in [5.41, 5.74) is 13.3. The summed E-state index contributed by atoms with van der Waals surface area (Å²) in [7, 11) is 0. The molecule has 11 rings (SSSR count).